The normalized spacial score (nSPS) is 24.7. The molecule has 0 aromatic rings. The van der Waals surface area contributed by atoms with Crippen molar-refractivity contribution in [2.24, 2.45) is 11.3 Å². The minimum atomic E-state index is -0.432. The molecule has 1 aliphatic carbocycles. The van der Waals surface area contributed by atoms with Gasteiger partial charge in [0, 0.05) is 18.6 Å². The molecular formula is C17H34N2O2. The first-order chi connectivity index (χ1) is 9.49. The fraction of sp³-hybridized carbons (Fsp3) is 0.941. The van der Waals surface area contributed by atoms with E-state index < -0.39 is 5.60 Å². The van der Waals surface area contributed by atoms with Crippen molar-refractivity contribution in [1.29, 1.82) is 0 Å². The maximum absolute atomic E-state index is 11.7. The fourth-order valence-corrected chi connectivity index (χ4v) is 2.60. The summed E-state index contributed by atoms with van der Waals surface area (Å²) in [5, 5.41) is 6.67. The highest BCUT2D eigenvalue weighted by Gasteiger charge is 2.31. The first kappa shape index (κ1) is 18.3. The Morgan fingerprint density at radius 2 is 1.81 bits per heavy atom. The van der Waals surface area contributed by atoms with Crippen LogP contribution in [0.2, 0.25) is 0 Å². The third-order valence-corrected chi connectivity index (χ3v) is 4.33. The molecule has 1 aliphatic rings. The second kappa shape index (κ2) is 6.99. The summed E-state index contributed by atoms with van der Waals surface area (Å²) in [4.78, 5) is 11.7. The number of rotatable bonds is 4. The summed E-state index contributed by atoms with van der Waals surface area (Å²) in [6.07, 6.45) is 3.29. The van der Waals surface area contributed by atoms with Gasteiger partial charge in [0.05, 0.1) is 0 Å². The number of nitrogens with one attached hydrogen (secondary N) is 2. The van der Waals surface area contributed by atoms with Crippen molar-refractivity contribution in [1.82, 2.24) is 10.6 Å². The van der Waals surface area contributed by atoms with Crippen LogP contribution in [0.25, 0.3) is 0 Å². The van der Waals surface area contributed by atoms with Crippen molar-refractivity contribution in [3.05, 3.63) is 0 Å². The molecular weight excluding hydrogens is 264 g/mol. The van der Waals surface area contributed by atoms with Gasteiger partial charge < -0.3 is 15.4 Å². The predicted octanol–water partition coefficient (Wildman–Crippen LogP) is 3.70. The minimum absolute atomic E-state index is 0.256. The zero-order chi connectivity index (χ0) is 16.3. The summed E-state index contributed by atoms with van der Waals surface area (Å²) in [5.74, 6) is 0.502. The molecule has 124 valence electrons. The van der Waals surface area contributed by atoms with Crippen LogP contribution in [0.4, 0.5) is 4.79 Å². The number of alkyl carbamates (subject to hydrolysis) is 1. The molecule has 0 aromatic heterocycles. The van der Waals surface area contributed by atoms with Crippen LogP contribution in [0.15, 0.2) is 0 Å². The highest BCUT2D eigenvalue weighted by atomic mass is 16.6. The molecule has 0 radical (unpaired) electrons. The molecule has 0 aromatic carbocycles. The van der Waals surface area contributed by atoms with Crippen molar-refractivity contribution >= 4 is 6.09 Å². The Labute approximate surface area is 130 Å². The fourth-order valence-electron chi connectivity index (χ4n) is 2.60. The Balaban J connectivity index is 2.42. The van der Waals surface area contributed by atoms with E-state index in [1.165, 1.54) is 19.3 Å². The summed E-state index contributed by atoms with van der Waals surface area (Å²) in [5.41, 5.74) is -0.177. The molecule has 0 saturated heterocycles. The average molecular weight is 298 g/mol. The van der Waals surface area contributed by atoms with Gasteiger partial charge in [-0.25, -0.2) is 4.79 Å². The van der Waals surface area contributed by atoms with E-state index in [4.69, 9.17) is 4.74 Å². The van der Waals surface area contributed by atoms with Crippen LogP contribution in [0.5, 0.6) is 0 Å². The van der Waals surface area contributed by atoms with Gasteiger partial charge in [0.25, 0.3) is 0 Å². The third-order valence-electron chi connectivity index (χ3n) is 4.33. The lowest BCUT2D eigenvalue weighted by Crippen LogP contribution is -2.47. The molecule has 0 spiro atoms. The van der Waals surface area contributed by atoms with Crippen LogP contribution in [0, 0.1) is 11.3 Å². The molecule has 0 bridgehead atoms. The van der Waals surface area contributed by atoms with Crippen molar-refractivity contribution in [2.75, 3.05) is 6.54 Å². The van der Waals surface area contributed by atoms with Gasteiger partial charge in [0.1, 0.15) is 5.60 Å². The van der Waals surface area contributed by atoms with Crippen LogP contribution in [0.3, 0.4) is 0 Å². The SMILES string of the molecule is CC(NC1CCCC1CNC(=O)OC(C)(C)C)C(C)(C)C. The largest absolute Gasteiger partial charge is 0.444 e. The minimum Gasteiger partial charge on any atom is -0.444 e. The van der Waals surface area contributed by atoms with Crippen molar-refractivity contribution < 1.29 is 9.53 Å². The maximum atomic E-state index is 11.7. The average Bonchev–Trinajstić information content (AvgIpc) is 2.70. The lowest BCUT2D eigenvalue weighted by molar-refractivity contribution is 0.0516. The molecule has 3 unspecified atom stereocenters. The van der Waals surface area contributed by atoms with Crippen LogP contribution < -0.4 is 10.6 Å². The lowest BCUT2D eigenvalue weighted by Gasteiger charge is -2.33. The van der Waals surface area contributed by atoms with Gasteiger partial charge in [-0.1, -0.05) is 27.2 Å². The quantitative estimate of drug-likeness (QED) is 0.832. The predicted molar refractivity (Wildman–Crippen MR) is 87.4 cm³/mol. The van der Waals surface area contributed by atoms with E-state index in [0.29, 0.717) is 24.5 Å². The lowest BCUT2D eigenvalue weighted by atomic mass is 9.87. The van der Waals surface area contributed by atoms with Crippen LogP contribution in [-0.2, 0) is 4.74 Å². The third kappa shape index (κ3) is 6.68. The van der Waals surface area contributed by atoms with E-state index in [1.807, 2.05) is 20.8 Å². The van der Waals surface area contributed by atoms with Crippen molar-refractivity contribution in [3.63, 3.8) is 0 Å². The topological polar surface area (TPSA) is 50.4 Å². The van der Waals surface area contributed by atoms with Gasteiger partial charge >= 0.3 is 6.09 Å². The van der Waals surface area contributed by atoms with Crippen LogP contribution >= 0.6 is 0 Å². The number of carbonyl (C=O) groups is 1. The highest BCUT2D eigenvalue weighted by molar-refractivity contribution is 5.67. The number of hydrogen-bond donors (Lipinski definition) is 2. The summed E-state index contributed by atoms with van der Waals surface area (Å²) >= 11 is 0. The molecule has 1 saturated carbocycles. The maximum Gasteiger partial charge on any atom is 0.407 e. The van der Waals surface area contributed by atoms with Gasteiger partial charge in [0.2, 0.25) is 0 Å². The van der Waals surface area contributed by atoms with Crippen LogP contribution in [0.1, 0.15) is 67.7 Å². The molecule has 21 heavy (non-hydrogen) atoms. The summed E-state index contributed by atoms with van der Waals surface area (Å²) < 4.78 is 5.30. The van der Waals surface area contributed by atoms with Gasteiger partial charge in [-0.3, -0.25) is 0 Å². The van der Waals surface area contributed by atoms with Gasteiger partial charge in [-0.15, -0.1) is 0 Å². The highest BCUT2D eigenvalue weighted by Crippen LogP contribution is 2.28. The smallest absolute Gasteiger partial charge is 0.407 e. The summed E-state index contributed by atoms with van der Waals surface area (Å²) in [7, 11) is 0. The molecule has 1 fully saturated rings. The zero-order valence-electron chi connectivity index (χ0n) is 14.9. The monoisotopic (exact) mass is 298 g/mol. The number of carbonyl (C=O) groups excluding carboxylic acids is 1. The standard InChI is InChI=1S/C17H34N2O2/c1-12(16(2,3)4)19-14-10-8-9-13(14)11-18-15(20)21-17(5,6)7/h12-14,19H,8-11H2,1-7H3,(H,18,20). The summed E-state index contributed by atoms with van der Waals surface area (Å²) in [6.45, 7) is 15.4. The molecule has 1 amide bonds. The molecule has 1 rings (SSSR count). The molecule has 4 nitrogen and oxygen atoms in total. The molecule has 0 aliphatic heterocycles. The molecule has 3 atom stereocenters. The number of amides is 1. The van der Waals surface area contributed by atoms with E-state index in [2.05, 4.69) is 38.3 Å². The van der Waals surface area contributed by atoms with Gasteiger partial charge in [-0.05, 0) is 51.9 Å². The van der Waals surface area contributed by atoms with E-state index in [9.17, 15) is 4.79 Å². The zero-order valence-corrected chi connectivity index (χ0v) is 14.9. The first-order valence-electron chi connectivity index (χ1n) is 8.22. The van der Waals surface area contributed by atoms with E-state index in [-0.39, 0.29) is 11.5 Å². The Hall–Kier alpha value is -0.770. The van der Waals surface area contributed by atoms with E-state index in [1.54, 1.807) is 0 Å². The molecule has 4 heteroatoms. The van der Waals surface area contributed by atoms with Crippen LogP contribution in [-0.4, -0.2) is 30.3 Å². The first-order valence-corrected chi connectivity index (χ1v) is 8.22. The Kier molecular flexibility index (Phi) is 6.09. The number of hydrogen-bond acceptors (Lipinski definition) is 3. The summed E-state index contributed by atoms with van der Waals surface area (Å²) in [6, 6.07) is 0.957. The number of ether oxygens (including phenoxy) is 1. The van der Waals surface area contributed by atoms with Gasteiger partial charge in [0.15, 0.2) is 0 Å². The van der Waals surface area contributed by atoms with E-state index in [0.717, 1.165) is 0 Å². The van der Waals surface area contributed by atoms with Crippen molar-refractivity contribution in [3.8, 4) is 0 Å². The Morgan fingerprint density at radius 3 is 2.33 bits per heavy atom. The van der Waals surface area contributed by atoms with Gasteiger partial charge in [-0.2, -0.15) is 0 Å². The molecule has 0 heterocycles. The second-order valence-corrected chi connectivity index (χ2v) is 8.43. The Bertz CT molecular complexity index is 342. The van der Waals surface area contributed by atoms with Crippen molar-refractivity contribution in [2.45, 2.75) is 85.4 Å². The second-order valence-electron chi connectivity index (χ2n) is 8.43. The van der Waals surface area contributed by atoms with E-state index >= 15 is 0 Å². The Morgan fingerprint density at radius 1 is 1.19 bits per heavy atom. The molecule has 2 N–H and O–H groups in total.